The molecular weight excluding hydrogens is 223 g/mol. The Balaban J connectivity index is 2.23. The van der Waals surface area contributed by atoms with E-state index >= 15 is 0 Å². The van der Waals surface area contributed by atoms with Crippen LogP contribution in [0.2, 0.25) is 0 Å². The maximum atomic E-state index is 11.8. The van der Waals surface area contributed by atoms with Gasteiger partial charge in [-0.05, 0) is 30.8 Å². The van der Waals surface area contributed by atoms with Gasteiger partial charge in [0.2, 0.25) is 0 Å². The molecule has 0 aliphatic carbocycles. The Hall–Kier alpha value is -0.840. The Labute approximate surface area is 91.1 Å². The van der Waals surface area contributed by atoms with Crippen LogP contribution in [0.15, 0.2) is 24.3 Å². The van der Waals surface area contributed by atoms with Gasteiger partial charge in [-0.2, -0.15) is 13.2 Å². The number of benzene rings is 1. The van der Waals surface area contributed by atoms with Gasteiger partial charge in [0.05, 0.1) is 0 Å². The third-order valence-electron chi connectivity index (χ3n) is 1.75. The van der Waals surface area contributed by atoms with Crippen molar-refractivity contribution in [3.05, 3.63) is 29.8 Å². The summed E-state index contributed by atoms with van der Waals surface area (Å²) in [5.41, 5.74) is -2.15. The van der Waals surface area contributed by atoms with Gasteiger partial charge in [-0.3, -0.25) is 0 Å². The number of rotatable bonds is 4. The fourth-order valence-electron chi connectivity index (χ4n) is 1.03. The van der Waals surface area contributed by atoms with Gasteiger partial charge in [0, 0.05) is 18.0 Å². The van der Waals surface area contributed by atoms with Crippen molar-refractivity contribution in [1.29, 1.82) is 0 Å². The Bertz CT molecular complexity index is 295. The fraction of sp³-hybridized carbons (Fsp3) is 0.400. The van der Waals surface area contributed by atoms with Crippen LogP contribution in [0, 0.1) is 6.92 Å². The van der Waals surface area contributed by atoms with Crippen molar-refractivity contribution in [2.24, 2.45) is 0 Å². The number of hydrogen-bond donors (Lipinski definition) is 1. The van der Waals surface area contributed by atoms with E-state index in [0.29, 0.717) is 6.54 Å². The van der Waals surface area contributed by atoms with Crippen LogP contribution < -0.4 is 5.32 Å². The Morgan fingerprint density at radius 2 is 1.80 bits per heavy atom. The molecule has 1 nitrogen and oxygen atoms in total. The zero-order chi connectivity index (χ0) is 11.3. The molecule has 5 heteroatoms. The van der Waals surface area contributed by atoms with Crippen molar-refractivity contribution in [2.75, 3.05) is 17.6 Å². The van der Waals surface area contributed by atoms with Crippen molar-refractivity contribution in [3.63, 3.8) is 0 Å². The van der Waals surface area contributed by atoms with Crippen LogP contribution >= 0.6 is 11.8 Å². The molecule has 0 bridgehead atoms. The van der Waals surface area contributed by atoms with Gasteiger partial charge in [0.25, 0.3) is 0 Å². The first-order valence-electron chi connectivity index (χ1n) is 4.48. The van der Waals surface area contributed by atoms with E-state index in [-0.39, 0.29) is 17.5 Å². The minimum absolute atomic E-state index is 0.00653. The Morgan fingerprint density at radius 3 is 2.33 bits per heavy atom. The molecule has 0 saturated heterocycles. The average molecular weight is 235 g/mol. The van der Waals surface area contributed by atoms with Crippen LogP contribution in [0.25, 0.3) is 0 Å². The zero-order valence-electron chi connectivity index (χ0n) is 8.27. The molecule has 0 aliphatic heterocycles. The van der Waals surface area contributed by atoms with Crippen molar-refractivity contribution >= 4 is 17.4 Å². The zero-order valence-corrected chi connectivity index (χ0v) is 9.08. The number of hydrogen-bond acceptors (Lipinski definition) is 2. The molecule has 0 spiro atoms. The van der Waals surface area contributed by atoms with Gasteiger partial charge in [0.15, 0.2) is 0 Å². The average Bonchev–Trinajstić information content (AvgIpc) is 2.14. The predicted octanol–water partition coefficient (Wildman–Crippen LogP) is 3.66. The molecule has 15 heavy (non-hydrogen) atoms. The second-order valence-electron chi connectivity index (χ2n) is 3.09. The summed E-state index contributed by atoms with van der Waals surface area (Å²) in [6.45, 7) is 2.27. The van der Waals surface area contributed by atoms with Gasteiger partial charge in [0.1, 0.15) is 0 Å². The molecular formula is C10H12F3NS. The summed E-state index contributed by atoms with van der Waals surface area (Å²) in [6, 6.07) is 7.54. The van der Waals surface area contributed by atoms with Crippen molar-refractivity contribution in [3.8, 4) is 0 Å². The number of thioether (sulfide) groups is 1. The smallest absolute Gasteiger partial charge is 0.384 e. The summed E-state index contributed by atoms with van der Waals surface area (Å²) in [6.07, 6.45) is 0. The molecule has 1 N–H and O–H groups in total. The van der Waals surface area contributed by atoms with E-state index in [1.807, 2.05) is 31.2 Å². The number of halogens is 3. The first-order valence-corrected chi connectivity index (χ1v) is 5.47. The van der Waals surface area contributed by atoms with E-state index < -0.39 is 5.51 Å². The number of alkyl halides is 3. The second-order valence-corrected chi connectivity index (χ2v) is 4.25. The maximum Gasteiger partial charge on any atom is 0.441 e. The minimum Gasteiger partial charge on any atom is -0.384 e. The lowest BCUT2D eigenvalue weighted by atomic mass is 10.2. The quantitative estimate of drug-likeness (QED) is 0.799. The van der Waals surface area contributed by atoms with Crippen LogP contribution in [-0.4, -0.2) is 17.8 Å². The summed E-state index contributed by atoms with van der Waals surface area (Å²) >= 11 is -0.00653. The summed E-state index contributed by atoms with van der Waals surface area (Å²) in [5.74, 6) is 0.0252. The molecule has 1 aromatic rings. The van der Waals surface area contributed by atoms with Gasteiger partial charge >= 0.3 is 5.51 Å². The molecule has 0 heterocycles. The normalized spacial score (nSPS) is 11.5. The lowest BCUT2D eigenvalue weighted by Crippen LogP contribution is -2.09. The van der Waals surface area contributed by atoms with E-state index in [4.69, 9.17) is 0 Å². The molecule has 0 saturated carbocycles. The lowest BCUT2D eigenvalue weighted by Gasteiger charge is -2.08. The summed E-state index contributed by atoms with van der Waals surface area (Å²) < 4.78 is 35.3. The molecule has 0 unspecified atom stereocenters. The Morgan fingerprint density at radius 1 is 1.20 bits per heavy atom. The summed E-state index contributed by atoms with van der Waals surface area (Å²) in [7, 11) is 0. The number of nitrogens with one attached hydrogen (secondary N) is 1. The van der Waals surface area contributed by atoms with E-state index in [0.717, 1.165) is 11.3 Å². The minimum atomic E-state index is -4.13. The molecule has 0 aromatic heterocycles. The first-order chi connectivity index (χ1) is 6.97. The van der Waals surface area contributed by atoms with Crippen LogP contribution in [0.3, 0.4) is 0 Å². The molecule has 0 aliphatic rings. The predicted molar refractivity (Wildman–Crippen MR) is 58.2 cm³/mol. The molecule has 84 valence electrons. The monoisotopic (exact) mass is 235 g/mol. The fourth-order valence-corrected chi connectivity index (χ4v) is 1.47. The number of aryl methyl sites for hydroxylation is 1. The molecule has 1 aromatic carbocycles. The topological polar surface area (TPSA) is 12.0 Å². The molecule has 0 radical (unpaired) electrons. The highest BCUT2D eigenvalue weighted by molar-refractivity contribution is 8.00. The van der Waals surface area contributed by atoms with Crippen molar-refractivity contribution in [1.82, 2.24) is 0 Å². The van der Waals surface area contributed by atoms with Crippen molar-refractivity contribution in [2.45, 2.75) is 12.4 Å². The van der Waals surface area contributed by atoms with E-state index in [2.05, 4.69) is 5.32 Å². The van der Waals surface area contributed by atoms with Gasteiger partial charge in [-0.25, -0.2) is 0 Å². The molecule has 0 atom stereocenters. The lowest BCUT2D eigenvalue weighted by molar-refractivity contribution is -0.0327. The highest BCUT2D eigenvalue weighted by Gasteiger charge is 2.27. The Kier molecular flexibility index (Phi) is 4.32. The van der Waals surface area contributed by atoms with E-state index in [9.17, 15) is 13.2 Å². The summed E-state index contributed by atoms with van der Waals surface area (Å²) in [4.78, 5) is 0. The maximum absolute atomic E-state index is 11.8. The summed E-state index contributed by atoms with van der Waals surface area (Å²) in [5, 5.41) is 2.92. The van der Waals surface area contributed by atoms with Crippen molar-refractivity contribution < 1.29 is 13.2 Å². The SMILES string of the molecule is Cc1ccc(NCCSC(F)(F)F)cc1. The van der Waals surface area contributed by atoms with Gasteiger partial charge in [-0.15, -0.1) is 0 Å². The second kappa shape index (κ2) is 5.30. The van der Waals surface area contributed by atoms with E-state index in [1.165, 1.54) is 0 Å². The standard InChI is InChI=1S/C10H12F3NS/c1-8-2-4-9(5-3-8)14-6-7-15-10(11,12)13/h2-5,14H,6-7H2,1H3. The third-order valence-corrected chi connectivity index (χ3v) is 2.48. The van der Waals surface area contributed by atoms with Crippen LogP contribution in [0.5, 0.6) is 0 Å². The molecule has 0 amide bonds. The van der Waals surface area contributed by atoms with Crippen LogP contribution in [0.4, 0.5) is 18.9 Å². The van der Waals surface area contributed by atoms with Crippen LogP contribution in [0.1, 0.15) is 5.56 Å². The highest BCUT2D eigenvalue weighted by Crippen LogP contribution is 2.29. The van der Waals surface area contributed by atoms with Gasteiger partial charge in [-0.1, -0.05) is 17.7 Å². The highest BCUT2D eigenvalue weighted by atomic mass is 32.2. The van der Waals surface area contributed by atoms with E-state index in [1.54, 1.807) is 0 Å². The molecule has 1 rings (SSSR count). The largest absolute Gasteiger partial charge is 0.441 e. The molecule has 0 fully saturated rings. The number of anilines is 1. The van der Waals surface area contributed by atoms with Crippen LogP contribution in [-0.2, 0) is 0 Å². The first kappa shape index (κ1) is 12.2. The third kappa shape index (κ3) is 5.57. The van der Waals surface area contributed by atoms with Gasteiger partial charge < -0.3 is 5.32 Å².